The Bertz CT molecular complexity index is 903. The number of rotatable bonds is 5. The lowest BCUT2D eigenvalue weighted by Crippen LogP contribution is -2.69. The summed E-state index contributed by atoms with van der Waals surface area (Å²) in [6.45, 7) is 0.826. The second-order valence-corrected chi connectivity index (χ2v) is 8.58. The lowest BCUT2D eigenvalue weighted by atomic mass is 9.93. The van der Waals surface area contributed by atoms with E-state index in [0.29, 0.717) is 17.1 Å². The minimum atomic E-state index is -0.482. The first-order valence-electron chi connectivity index (χ1n) is 9.46. The highest BCUT2D eigenvalue weighted by Crippen LogP contribution is 2.26. The Labute approximate surface area is 177 Å². The fourth-order valence-corrected chi connectivity index (χ4v) is 4.61. The van der Waals surface area contributed by atoms with E-state index in [1.807, 2.05) is 17.5 Å². The predicted octanol–water partition coefficient (Wildman–Crippen LogP) is 2.93. The van der Waals surface area contributed by atoms with Gasteiger partial charge in [0.1, 0.15) is 12.6 Å². The highest BCUT2D eigenvalue weighted by atomic mass is 35.5. The molecule has 2 aromatic rings. The van der Waals surface area contributed by atoms with Gasteiger partial charge in [-0.25, -0.2) is 4.79 Å². The molecule has 29 heavy (non-hydrogen) atoms. The van der Waals surface area contributed by atoms with Crippen LogP contribution >= 0.6 is 22.9 Å². The fourth-order valence-electron chi connectivity index (χ4n) is 3.80. The molecule has 2 saturated heterocycles. The van der Waals surface area contributed by atoms with Gasteiger partial charge in [0.15, 0.2) is 0 Å². The molecule has 1 aromatic heterocycles. The largest absolute Gasteiger partial charge is 0.327 e. The molecule has 3 heterocycles. The quantitative estimate of drug-likeness (QED) is 0.761. The Morgan fingerprint density at radius 2 is 2.03 bits per heavy atom. The number of thiophene rings is 1. The molecule has 0 radical (unpaired) electrons. The number of anilines is 1. The van der Waals surface area contributed by atoms with Gasteiger partial charge >= 0.3 is 6.03 Å². The summed E-state index contributed by atoms with van der Waals surface area (Å²) >= 11 is 7.37. The van der Waals surface area contributed by atoms with Gasteiger partial charge in [0.25, 0.3) is 0 Å². The van der Waals surface area contributed by atoms with Gasteiger partial charge in [0.05, 0.1) is 12.6 Å². The van der Waals surface area contributed by atoms with E-state index in [1.165, 1.54) is 21.1 Å². The van der Waals surface area contributed by atoms with Gasteiger partial charge in [-0.2, -0.15) is 0 Å². The Morgan fingerprint density at radius 1 is 1.24 bits per heavy atom. The van der Waals surface area contributed by atoms with Crippen molar-refractivity contribution in [2.24, 2.45) is 0 Å². The molecule has 0 saturated carbocycles. The zero-order valence-corrected chi connectivity index (χ0v) is 17.2. The second kappa shape index (κ2) is 8.52. The molecule has 2 atom stereocenters. The average molecular weight is 433 g/mol. The van der Waals surface area contributed by atoms with Crippen LogP contribution in [0.2, 0.25) is 5.02 Å². The third kappa shape index (κ3) is 4.29. The van der Waals surface area contributed by atoms with Crippen LogP contribution in [0.4, 0.5) is 10.5 Å². The number of urea groups is 1. The van der Waals surface area contributed by atoms with Gasteiger partial charge in [0, 0.05) is 15.6 Å². The van der Waals surface area contributed by atoms with E-state index in [9.17, 15) is 14.4 Å². The van der Waals surface area contributed by atoms with Crippen LogP contribution in [0, 0.1) is 0 Å². The number of halogens is 1. The summed E-state index contributed by atoms with van der Waals surface area (Å²) in [5, 5.41) is 8.51. The number of carbonyl (C=O) groups excluding carboxylic acids is 3. The van der Waals surface area contributed by atoms with Crippen molar-refractivity contribution < 1.29 is 14.4 Å². The third-order valence-electron chi connectivity index (χ3n) is 5.17. The van der Waals surface area contributed by atoms with Crippen LogP contribution in [-0.4, -0.2) is 52.8 Å². The van der Waals surface area contributed by atoms with Crippen LogP contribution in [0.5, 0.6) is 0 Å². The molecule has 4 rings (SSSR count). The maximum absolute atomic E-state index is 13.2. The number of nitrogens with one attached hydrogen (secondary N) is 2. The summed E-state index contributed by atoms with van der Waals surface area (Å²) < 4.78 is 0. The van der Waals surface area contributed by atoms with Gasteiger partial charge in [-0.3, -0.25) is 14.5 Å². The average Bonchev–Trinajstić information content (AvgIpc) is 3.23. The van der Waals surface area contributed by atoms with Crippen LogP contribution in [0.3, 0.4) is 0 Å². The van der Waals surface area contributed by atoms with Crippen LogP contribution in [0.1, 0.15) is 17.7 Å². The Balaban J connectivity index is 1.52. The van der Waals surface area contributed by atoms with Crippen LogP contribution in [-0.2, 0) is 16.1 Å². The number of piperidine rings is 1. The van der Waals surface area contributed by atoms with E-state index < -0.39 is 12.1 Å². The van der Waals surface area contributed by atoms with Crippen molar-refractivity contribution >= 4 is 46.5 Å². The van der Waals surface area contributed by atoms with Crippen molar-refractivity contribution in [1.82, 2.24) is 15.1 Å². The summed E-state index contributed by atoms with van der Waals surface area (Å²) in [5.74, 6) is -0.530. The van der Waals surface area contributed by atoms with Crippen molar-refractivity contribution in [2.45, 2.75) is 31.5 Å². The molecule has 2 fully saturated rings. The first kappa shape index (κ1) is 19.9. The van der Waals surface area contributed by atoms with Gasteiger partial charge in [-0.15, -0.1) is 11.3 Å². The summed E-state index contributed by atoms with van der Waals surface area (Å²) in [4.78, 5) is 42.4. The number of benzene rings is 1. The summed E-state index contributed by atoms with van der Waals surface area (Å²) in [5.41, 5.74) is 0.605. The highest BCUT2D eigenvalue weighted by Gasteiger charge is 2.47. The summed E-state index contributed by atoms with van der Waals surface area (Å²) in [7, 11) is 0. The molecule has 9 heteroatoms. The third-order valence-corrected chi connectivity index (χ3v) is 6.28. The number of hydrogen-bond donors (Lipinski definition) is 2. The van der Waals surface area contributed by atoms with Crippen LogP contribution in [0.25, 0.3) is 0 Å². The van der Waals surface area contributed by atoms with Gasteiger partial charge in [-0.1, -0.05) is 17.7 Å². The smallest absolute Gasteiger partial charge is 0.325 e. The van der Waals surface area contributed by atoms with Crippen molar-refractivity contribution in [3.63, 3.8) is 0 Å². The predicted molar refractivity (Wildman–Crippen MR) is 112 cm³/mol. The molecule has 2 unspecified atom stereocenters. The standard InChI is InChI=1S/C20H21ClN4O3S/c21-13-5-7-14(8-6-13)23-17(26)12-24-16-4-1-9-22-18(16)19(27)25(20(24)28)11-15-3-2-10-29-15/h2-3,5-8,10,16,18,22H,1,4,9,11-12H2,(H,23,26). The number of fused-ring (bicyclic) bond motifs is 1. The number of imide groups is 1. The zero-order chi connectivity index (χ0) is 20.4. The topological polar surface area (TPSA) is 81.8 Å². The molecule has 0 aliphatic carbocycles. The Morgan fingerprint density at radius 3 is 2.76 bits per heavy atom. The lowest BCUT2D eigenvalue weighted by Gasteiger charge is -2.46. The minimum Gasteiger partial charge on any atom is -0.325 e. The highest BCUT2D eigenvalue weighted by molar-refractivity contribution is 7.09. The lowest BCUT2D eigenvalue weighted by molar-refractivity contribution is -0.138. The van der Waals surface area contributed by atoms with E-state index in [2.05, 4.69) is 10.6 Å². The molecule has 2 N–H and O–H groups in total. The molecule has 1 aromatic carbocycles. The first-order chi connectivity index (χ1) is 14.0. The number of nitrogens with zero attached hydrogens (tertiary/aromatic N) is 2. The Kier molecular flexibility index (Phi) is 5.84. The normalized spacial score (nSPS) is 21.8. The second-order valence-electron chi connectivity index (χ2n) is 7.11. The Hall–Kier alpha value is -2.42. The maximum Gasteiger partial charge on any atom is 0.327 e. The monoisotopic (exact) mass is 432 g/mol. The minimum absolute atomic E-state index is 0.113. The van der Waals surface area contributed by atoms with Gasteiger partial charge in [-0.05, 0) is 55.1 Å². The zero-order valence-electron chi connectivity index (χ0n) is 15.6. The van der Waals surface area contributed by atoms with Crippen molar-refractivity contribution in [3.05, 3.63) is 51.7 Å². The molecule has 4 amide bonds. The van der Waals surface area contributed by atoms with E-state index in [4.69, 9.17) is 11.6 Å². The van der Waals surface area contributed by atoms with Crippen molar-refractivity contribution in [1.29, 1.82) is 0 Å². The van der Waals surface area contributed by atoms with E-state index in [1.54, 1.807) is 24.3 Å². The van der Waals surface area contributed by atoms with Gasteiger partial charge < -0.3 is 15.5 Å². The number of carbonyl (C=O) groups is 3. The van der Waals surface area contributed by atoms with Crippen molar-refractivity contribution in [2.75, 3.05) is 18.4 Å². The van der Waals surface area contributed by atoms with Crippen LogP contribution < -0.4 is 10.6 Å². The SMILES string of the molecule is O=C(CN1C(=O)N(Cc2cccs2)C(=O)C2NCCCC21)Nc1ccc(Cl)cc1. The van der Waals surface area contributed by atoms with Crippen LogP contribution in [0.15, 0.2) is 41.8 Å². The molecular formula is C20H21ClN4O3S. The molecule has 2 aliphatic rings. The molecule has 152 valence electrons. The number of amides is 4. The van der Waals surface area contributed by atoms with E-state index in [0.717, 1.165) is 17.8 Å². The van der Waals surface area contributed by atoms with Gasteiger partial charge in [0.2, 0.25) is 11.8 Å². The molecule has 0 bridgehead atoms. The van der Waals surface area contributed by atoms with E-state index >= 15 is 0 Å². The maximum atomic E-state index is 13.2. The summed E-state index contributed by atoms with van der Waals surface area (Å²) in [6, 6.07) is 9.34. The molecule has 7 nitrogen and oxygen atoms in total. The first-order valence-corrected chi connectivity index (χ1v) is 10.7. The number of hydrogen-bond acceptors (Lipinski definition) is 5. The molecular weight excluding hydrogens is 412 g/mol. The summed E-state index contributed by atoms with van der Waals surface area (Å²) in [6.07, 6.45) is 1.54. The van der Waals surface area contributed by atoms with E-state index in [-0.39, 0.29) is 30.9 Å². The fraction of sp³-hybridized carbons (Fsp3) is 0.350. The molecule has 0 spiro atoms. The van der Waals surface area contributed by atoms with Crippen molar-refractivity contribution in [3.8, 4) is 0 Å². The molecule has 2 aliphatic heterocycles.